The van der Waals surface area contributed by atoms with E-state index in [9.17, 15) is 4.79 Å². The maximum absolute atomic E-state index is 12.7. The zero-order valence-corrected chi connectivity index (χ0v) is 17.2. The fourth-order valence-electron chi connectivity index (χ4n) is 3.20. The summed E-state index contributed by atoms with van der Waals surface area (Å²) in [5.74, 6) is 0.108. The van der Waals surface area contributed by atoms with Crippen molar-refractivity contribution in [3.63, 3.8) is 0 Å². The molecule has 0 aliphatic heterocycles. The van der Waals surface area contributed by atoms with E-state index >= 15 is 0 Å². The number of nitrogens with two attached hydrogens (primary N) is 1. The Kier molecular flexibility index (Phi) is 5.81. The molecule has 0 aliphatic carbocycles. The summed E-state index contributed by atoms with van der Waals surface area (Å²) >= 11 is 3.38. The standard InChI is InChI=1S/C22H21N3OS2/c1-25(15-20-24-17-10-5-6-11-18(17)28-20)21(26)14-23-22(19-12-7-13-27-19)16-8-3-2-4-9-16/h2-13,22-23H,14-15H2,1H3/p+1/t22-/m1/s1. The van der Waals surface area contributed by atoms with E-state index in [2.05, 4.69) is 46.0 Å². The number of carbonyl (C=O) groups excluding carboxylic acids is 1. The normalized spacial score (nSPS) is 12.2. The van der Waals surface area contributed by atoms with Crippen LogP contribution in [0.4, 0.5) is 0 Å². The van der Waals surface area contributed by atoms with Crippen LogP contribution < -0.4 is 5.32 Å². The number of likely N-dealkylation sites (N-methyl/N-ethyl adjacent to an activating group) is 1. The molecule has 1 amide bonds. The van der Waals surface area contributed by atoms with Crippen molar-refractivity contribution in [1.29, 1.82) is 0 Å². The fourth-order valence-corrected chi connectivity index (χ4v) is 5.07. The van der Waals surface area contributed by atoms with Gasteiger partial charge in [-0.25, -0.2) is 4.98 Å². The molecule has 1 atom stereocenters. The Morgan fingerprint density at radius 3 is 2.61 bits per heavy atom. The lowest BCUT2D eigenvalue weighted by Crippen LogP contribution is -2.87. The van der Waals surface area contributed by atoms with Crippen molar-refractivity contribution in [1.82, 2.24) is 9.88 Å². The van der Waals surface area contributed by atoms with Crippen molar-refractivity contribution in [2.24, 2.45) is 0 Å². The zero-order chi connectivity index (χ0) is 19.3. The van der Waals surface area contributed by atoms with Gasteiger partial charge in [0.15, 0.2) is 6.54 Å². The van der Waals surface area contributed by atoms with Gasteiger partial charge < -0.3 is 10.2 Å². The summed E-state index contributed by atoms with van der Waals surface area (Å²) in [6, 6.07) is 22.8. The summed E-state index contributed by atoms with van der Waals surface area (Å²) in [5, 5.41) is 5.17. The molecule has 6 heteroatoms. The summed E-state index contributed by atoms with van der Waals surface area (Å²) in [6.07, 6.45) is 0. The van der Waals surface area contributed by atoms with Crippen molar-refractivity contribution < 1.29 is 10.1 Å². The number of hydrogen-bond donors (Lipinski definition) is 1. The molecule has 2 heterocycles. The number of aromatic nitrogens is 1. The Morgan fingerprint density at radius 1 is 1.07 bits per heavy atom. The molecule has 2 aromatic carbocycles. The predicted molar refractivity (Wildman–Crippen MR) is 115 cm³/mol. The number of amides is 1. The number of thiophene rings is 1. The molecule has 4 aromatic rings. The molecule has 0 unspecified atom stereocenters. The first-order valence-corrected chi connectivity index (χ1v) is 10.9. The van der Waals surface area contributed by atoms with Crippen molar-refractivity contribution in [2.75, 3.05) is 13.6 Å². The van der Waals surface area contributed by atoms with Gasteiger partial charge in [0.2, 0.25) is 0 Å². The highest BCUT2D eigenvalue weighted by molar-refractivity contribution is 7.18. The highest BCUT2D eigenvalue weighted by Crippen LogP contribution is 2.23. The molecule has 142 valence electrons. The Morgan fingerprint density at radius 2 is 1.86 bits per heavy atom. The molecule has 0 fully saturated rings. The number of fused-ring (bicyclic) bond motifs is 1. The van der Waals surface area contributed by atoms with Crippen molar-refractivity contribution in [3.8, 4) is 0 Å². The molecule has 2 N–H and O–H groups in total. The molecule has 0 bridgehead atoms. The molecule has 4 nitrogen and oxygen atoms in total. The van der Waals surface area contributed by atoms with Gasteiger partial charge in [0.05, 0.1) is 21.6 Å². The van der Waals surface area contributed by atoms with Crippen molar-refractivity contribution in [3.05, 3.63) is 87.6 Å². The maximum atomic E-state index is 12.7. The minimum absolute atomic E-state index is 0.108. The summed E-state index contributed by atoms with van der Waals surface area (Å²) in [5.41, 5.74) is 2.21. The third-order valence-corrected chi connectivity index (χ3v) is 6.65. The zero-order valence-electron chi connectivity index (χ0n) is 15.6. The van der Waals surface area contributed by atoms with E-state index < -0.39 is 0 Å². The van der Waals surface area contributed by atoms with Gasteiger partial charge in [-0.2, -0.15) is 0 Å². The summed E-state index contributed by atoms with van der Waals surface area (Å²) in [7, 11) is 1.85. The second kappa shape index (κ2) is 8.65. The van der Waals surface area contributed by atoms with Crippen LogP contribution in [0.1, 0.15) is 21.5 Å². The molecule has 4 rings (SSSR count). The second-order valence-electron chi connectivity index (χ2n) is 6.67. The van der Waals surface area contributed by atoms with Gasteiger partial charge >= 0.3 is 0 Å². The van der Waals surface area contributed by atoms with Gasteiger partial charge in [-0.05, 0) is 23.6 Å². The third kappa shape index (κ3) is 4.30. The van der Waals surface area contributed by atoms with Gasteiger partial charge in [-0.15, -0.1) is 22.7 Å². The molecule has 0 radical (unpaired) electrons. The van der Waals surface area contributed by atoms with E-state index in [1.54, 1.807) is 27.6 Å². The van der Waals surface area contributed by atoms with Crippen LogP contribution in [-0.4, -0.2) is 29.4 Å². The van der Waals surface area contributed by atoms with E-state index in [-0.39, 0.29) is 11.9 Å². The topological polar surface area (TPSA) is 49.8 Å². The molecule has 0 saturated carbocycles. The van der Waals surface area contributed by atoms with Crippen LogP contribution in [0.2, 0.25) is 0 Å². The Bertz CT molecular complexity index is 1010. The number of hydrogen-bond acceptors (Lipinski definition) is 4. The SMILES string of the molecule is CN(Cc1nc2ccccc2s1)C(=O)C[NH2+][C@H](c1ccccc1)c1cccs1. The summed E-state index contributed by atoms with van der Waals surface area (Å²) in [6.45, 7) is 0.944. The summed E-state index contributed by atoms with van der Waals surface area (Å²) in [4.78, 5) is 20.4. The lowest BCUT2D eigenvalue weighted by Gasteiger charge is -2.18. The molecule has 0 saturated heterocycles. The van der Waals surface area contributed by atoms with E-state index in [0.717, 1.165) is 15.2 Å². The van der Waals surface area contributed by atoms with Crippen LogP contribution in [0, 0.1) is 0 Å². The number of thiazole rings is 1. The number of para-hydroxylation sites is 1. The Hall–Kier alpha value is -2.54. The molecular formula is C22H22N3OS2+. The predicted octanol–water partition coefficient (Wildman–Crippen LogP) is 3.67. The lowest BCUT2D eigenvalue weighted by atomic mass is 10.1. The maximum Gasteiger partial charge on any atom is 0.277 e. The van der Waals surface area contributed by atoms with E-state index in [1.807, 2.05) is 43.4 Å². The summed E-state index contributed by atoms with van der Waals surface area (Å²) < 4.78 is 1.16. The molecule has 28 heavy (non-hydrogen) atoms. The second-order valence-corrected chi connectivity index (χ2v) is 8.76. The largest absolute Gasteiger partial charge is 0.334 e. The number of benzene rings is 2. The van der Waals surface area contributed by atoms with Crippen LogP contribution in [0.3, 0.4) is 0 Å². The third-order valence-electron chi connectivity index (χ3n) is 4.67. The van der Waals surface area contributed by atoms with E-state index in [1.165, 1.54) is 10.4 Å². The van der Waals surface area contributed by atoms with Crippen molar-refractivity contribution in [2.45, 2.75) is 12.6 Å². The minimum Gasteiger partial charge on any atom is -0.334 e. The average molecular weight is 409 g/mol. The van der Waals surface area contributed by atoms with E-state index in [4.69, 9.17) is 0 Å². The first kappa shape index (κ1) is 18.8. The number of rotatable bonds is 7. The first-order chi connectivity index (χ1) is 13.7. The highest BCUT2D eigenvalue weighted by atomic mass is 32.1. The molecule has 2 aromatic heterocycles. The van der Waals surface area contributed by atoms with Crippen LogP contribution in [0.15, 0.2) is 72.1 Å². The molecule has 0 aliphatic rings. The van der Waals surface area contributed by atoms with Gasteiger partial charge in [0.1, 0.15) is 11.0 Å². The van der Waals surface area contributed by atoms with Gasteiger partial charge in [-0.3, -0.25) is 4.79 Å². The lowest BCUT2D eigenvalue weighted by molar-refractivity contribution is -0.676. The Balaban J connectivity index is 1.41. The fraction of sp³-hybridized carbons (Fsp3) is 0.182. The molecule has 0 spiro atoms. The van der Waals surface area contributed by atoms with Crippen LogP contribution in [-0.2, 0) is 11.3 Å². The van der Waals surface area contributed by atoms with Crippen molar-refractivity contribution >= 4 is 38.8 Å². The minimum atomic E-state index is 0.108. The molecular weight excluding hydrogens is 386 g/mol. The number of quaternary nitrogens is 1. The van der Waals surface area contributed by atoms with Gasteiger partial charge in [0, 0.05) is 12.6 Å². The highest BCUT2D eigenvalue weighted by Gasteiger charge is 2.21. The number of nitrogens with zero attached hydrogens (tertiary/aromatic N) is 2. The first-order valence-electron chi connectivity index (χ1n) is 9.21. The van der Waals surface area contributed by atoms with E-state index in [0.29, 0.717) is 13.1 Å². The smallest absolute Gasteiger partial charge is 0.277 e. The Labute approximate surface area is 172 Å². The number of carbonyl (C=O) groups is 1. The van der Waals surface area contributed by atoms with Gasteiger partial charge in [-0.1, -0.05) is 48.5 Å². The van der Waals surface area contributed by atoms with Crippen LogP contribution in [0.5, 0.6) is 0 Å². The average Bonchev–Trinajstić information content (AvgIpc) is 3.38. The van der Waals surface area contributed by atoms with Crippen LogP contribution in [0.25, 0.3) is 10.2 Å². The van der Waals surface area contributed by atoms with Crippen LogP contribution >= 0.6 is 22.7 Å². The quantitative estimate of drug-likeness (QED) is 0.507. The monoisotopic (exact) mass is 408 g/mol. The van der Waals surface area contributed by atoms with Gasteiger partial charge in [0.25, 0.3) is 5.91 Å².